The maximum atomic E-state index is 5.89. The van der Waals surface area contributed by atoms with Crippen molar-refractivity contribution in [3.05, 3.63) is 10.6 Å². The minimum absolute atomic E-state index is 0.279. The third kappa shape index (κ3) is 4.44. The molecule has 0 aromatic heterocycles. The molecule has 17 heavy (non-hydrogen) atoms. The number of halogens is 2. The fourth-order valence-electron chi connectivity index (χ4n) is 2.81. The highest BCUT2D eigenvalue weighted by Crippen LogP contribution is 2.35. The number of nitrogens with zero attached hydrogens (tertiary/aromatic N) is 1. The van der Waals surface area contributed by atoms with Crippen LogP contribution in [0.2, 0.25) is 0 Å². The van der Waals surface area contributed by atoms with Crippen molar-refractivity contribution in [3.8, 4) is 0 Å². The molecule has 2 nitrogen and oxygen atoms in total. The van der Waals surface area contributed by atoms with Gasteiger partial charge in [-0.2, -0.15) is 0 Å². The van der Waals surface area contributed by atoms with Gasteiger partial charge < -0.3 is 10.2 Å². The van der Waals surface area contributed by atoms with E-state index >= 15 is 0 Å². The van der Waals surface area contributed by atoms with Crippen molar-refractivity contribution in [3.63, 3.8) is 0 Å². The van der Waals surface area contributed by atoms with Gasteiger partial charge in [0.05, 0.1) is 0 Å². The maximum Gasteiger partial charge on any atom is 0.0431 e. The molecule has 0 aromatic rings. The van der Waals surface area contributed by atoms with Crippen LogP contribution in [0.3, 0.4) is 0 Å². The van der Waals surface area contributed by atoms with E-state index in [1.54, 1.807) is 0 Å². The molecule has 1 N–H and O–H groups in total. The lowest BCUT2D eigenvalue weighted by molar-refractivity contribution is 0.0762. The molecule has 1 fully saturated rings. The van der Waals surface area contributed by atoms with E-state index in [1.165, 1.54) is 31.2 Å². The molecule has 2 atom stereocenters. The van der Waals surface area contributed by atoms with Crippen LogP contribution in [0.15, 0.2) is 10.6 Å². The molecule has 0 amide bonds. The monoisotopic (exact) mass is 278 g/mol. The minimum atomic E-state index is 0.279. The molecular formula is C13H24Cl2N2. The van der Waals surface area contributed by atoms with E-state index in [1.807, 2.05) is 0 Å². The van der Waals surface area contributed by atoms with E-state index in [4.69, 9.17) is 23.2 Å². The standard InChI is InChI=1S/C13H24Cl2N2/c1-11-5-4-6-13(7-11,17(2)3)10-16-9-12(15)8-14/h8,11,16H,4-7,9-10H2,1-3H3. The summed E-state index contributed by atoms with van der Waals surface area (Å²) in [6.07, 6.45) is 5.20. The van der Waals surface area contributed by atoms with Crippen molar-refractivity contribution >= 4 is 23.2 Å². The first-order valence-corrected chi connectivity index (χ1v) is 7.14. The second kappa shape index (κ2) is 6.98. The Morgan fingerprint density at radius 2 is 2.24 bits per heavy atom. The zero-order chi connectivity index (χ0) is 12.9. The Hall–Kier alpha value is 0.240. The highest BCUT2D eigenvalue weighted by Gasteiger charge is 2.36. The molecule has 0 spiro atoms. The van der Waals surface area contributed by atoms with E-state index in [2.05, 4.69) is 31.2 Å². The topological polar surface area (TPSA) is 15.3 Å². The number of likely N-dealkylation sites (N-methyl/N-ethyl adjacent to an activating group) is 1. The Morgan fingerprint density at radius 1 is 1.53 bits per heavy atom. The normalized spacial score (nSPS) is 30.9. The van der Waals surface area contributed by atoms with E-state index in [-0.39, 0.29) is 5.54 Å². The lowest BCUT2D eigenvalue weighted by atomic mass is 9.75. The second-order valence-electron chi connectivity index (χ2n) is 5.48. The van der Waals surface area contributed by atoms with Gasteiger partial charge in [-0.05, 0) is 32.9 Å². The Labute approximate surface area is 115 Å². The van der Waals surface area contributed by atoms with Crippen LogP contribution in [-0.4, -0.2) is 37.6 Å². The highest BCUT2D eigenvalue weighted by molar-refractivity contribution is 6.36. The van der Waals surface area contributed by atoms with Crippen molar-refractivity contribution < 1.29 is 0 Å². The van der Waals surface area contributed by atoms with Gasteiger partial charge in [-0.3, -0.25) is 0 Å². The summed E-state index contributed by atoms with van der Waals surface area (Å²) >= 11 is 11.4. The molecule has 1 saturated carbocycles. The summed E-state index contributed by atoms with van der Waals surface area (Å²) in [7, 11) is 4.36. The second-order valence-corrected chi connectivity index (χ2v) is 6.18. The van der Waals surface area contributed by atoms with Gasteiger partial charge in [0.15, 0.2) is 0 Å². The third-order valence-corrected chi connectivity index (χ3v) is 4.50. The molecule has 0 aromatic carbocycles. The molecule has 1 rings (SSSR count). The third-order valence-electron chi connectivity index (χ3n) is 3.88. The SMILES string of the molecule is CC1CCCC(CNCC(Cl)=CCl)(N(C)C)C1. The van der Waals surface area contributed by atoms with Gasteiger partial charge in [-0.1, -0.05) is 43.0 Å². The number of rotatable bonds is 5. The molecule has 1 aliphatic rings. The predicted molar refractivity (Wildman–Crippen MR) is 76.7 cm³/mol. The van der Waals surface area contributed by atoms with E-state index in [0.29, 0.717) is 11.6 Å². The number of hydrogen-bond acceptors (Lipinski definition) is 2. The Balaban J connectivity index is 2.53. The van der Waals surface area contributed by atoms with Crippen LogP contribution in [0.5, 0.6) is 0 Å². The fourth-order valence-corrected chi connectivity index (χ4v) is 2.98. The minimum Gasteiger partial charge on any atom is -0.310 e. The van der Waals surface area contributed by atoms with Gasteiger partial charge in [0.25, 0.3) is 0 Å². The van der Waals surface area contributed by atoms with Crippen LogP contribution in [0.25, 0.3) is 0 Å². The van der Waals surface area contributed by atoms with Crippen molar-refractivity contribution in [2.75, 3.05) is 27.2 Å². The lowest BCUT2D eigenvalue weighted by Crippen LogP contribution is -2.54. The van der Waals surface area contributed by atoms with Crippen molar-refractivity contribution in [2.24, 2.45) is 5.92 Å². The first kappa shape index (κ1) is 15.3. The van der Waals surface area contributed by atoms with Gasteiger partial charge in [0.2, 0.25) is 0 Å². The van der Waals surface area contributed by atoms with Crippen LogP contribution >= 0.6 is 23.2 Å². The first-order valence-electron chi connectivity index (χ1n) is 6.33. The van der Waals surface area contributed by atoms with Crippen molar-refractivity contribution in [1.29, 1.82) is 0 Å². The summed E-state index contributed by atoms with van der Waals surface area (Å²) in [5.41, 5.74) is 1.71. The Kier molecular flexibility index (Phi) is 6.28. The molecule has 0 saturated heterocycles. The van der Waals surface area contributed by atoms with Crippen molar-refractivity contribution in [2.45, 2.75) is 38.1 Å². The van der Waals surface area contributed by atoms with Gasteiger partial charge >= 0.3 is 0 Å². The summed E-state index contributed by atoms with van der Waals surface area (Å²) in [5, 5.41) is 4.09. The van der Waals surface area contributed by atoms with Gasteiger partial charge in [0, 0.05) is 29.2 Å². The largest absolute Gasteiger partial charge is 0.310 e. The highest BCUT2D eigenvalue weighted by atomic mass is 35.5. The molecular weight excluding hydrogens is 255 g/mol. The smallest absolute Gasteiger partial charge is 0.0431 e. The van der Waals surface area contributed by atoms with Crippen LogP contribution in [0.1, 0.15) is 32.6 Å². The average molecular weight is 279 g/mol. The van der Waals surface area contributed by atoms with E-state index in [0.717, 1.165) is 12.5 Å². The molecule has 0 heterocycles. The zero-order valence-corrected chi connectivity index (χ0v) is 12.6. The lowest BCUT2D eigenvalue weighted by Gasteiger charge is -2.45. The van der Waals surface area contributed by atoms with Gasteiger partial charge in [-0.25, -0.2) is 0 Å². The summed E-state index contributed by atoms with van der Waals surface area (Å²) in [5.74, 6) is 0.812. The summed E-state index contributed by atoms with van der Waals surface area (Å²) in [6.45, 7) is 3.99. The average Bonchev–Trinajstić information content (AvgIpc) is 2.28. The van der Waals surface area contributed by atoms with Gasteiger partial charge in [-0.15, -0.1) is 0 Å². The summed E-state index contributed by atoms with van der Waals surface area (Å²) < 4.78 is 0. The van der Waals surface area contributed by atoms with Gasteiger partial charge in [0.1, 0.15) is 0 Å². The molecule has 100 valence electrons. The predicted octanol–water partition coefficient (Wildman–Crippen LogP) is 3.41. The molecule has 1 aliphatic carbocycles. The zero-order valence-electron chi connectivity index (χ0n) is 11.1. The van der Waals surface area contributed by atoms with Crippen LogP contribution in [0.4, 0.5) is 0 Å². The number of hydrogen-bond donors (Lipinski definition) is 1. The quantitative estimate of drug-likeness (QED) is 0.829. The van der Waals surface area contributed by atoms with Crippen LogP contribution in [0, 0.1) is 5.92 Å². The maximum absolute atomic E-state index is 5.89. The molecule has 2 unspecified atom stereocenters. The Morgan fingerprint density at radius 3 is 2.76 bits per heavy atom. The molecule has 0 radical (unpaired) electrons. The fraction of sp³-hybridized carbons (Fsp3) is 0.846. The van der Waals surface area contributed by atoms with Crippen LogP contribution < -0.4 is 5.32 Å². The Bertz CT molecular complexity index is 266. The van der Waals surface area contributed by atoms with E-state index in [9.17, 15) is 0 Å². The molecule has 0 aliphatic heterocycles. The summed E-state index contributed by atoms with van der Waals surface area (Å²) in [6, 6.07) is 0. The van der Waals surface area contributed by atoms with E-state index < -0.39 is 0 Å². The number of nitrogens with one attached hydrogen (secondary N) is 1. The first-order chi connectivity index (χ1) is 8.00. The molecule has 4 heteroatoms. The van der Waals surface area contributed by atoms with Crippen molar-refractivity contribution in [1.82, 2.24) is 10.2 Å². The van der Waals surface area contributed by atoms with Crippen LogP contribution in [-0.2, 0) is 0 Å². The summed E-state index contributed by atoms with van der Waals surface area (Å²) in [4.78, 5) is 2.37. The molecule has 0 bridgehead atoms.